The van der Waals surface area contributed by atoms with Crippen LogP contribution in [0.25, 0.3) is 22.5 Å². The number of aromatic nitrogens is 2. The third-order valence-corrected chi connectivity index (χ3v) is 4.21. The molecule has 4 rings (SSSR count). The van der Waals surface area contributed by atoms with Crippen molar-refractivity contribution in [3.05, 3.63) is 102 Å². The zero-order valence-electron chi connectivity index (χ0n) is 13.6. The number of nitrogens with zero attached hydrogens (tertiary/aromatic N) is 1. The molecule has 1 heterocycles. The van der Waals surface area contributed by atoms with E-state index in [1.807, 2.05) is 91.0 Å². The lowest BCUT2D eigenvalue weighted by Gasteiger charge is -2.07. The first-order valence-electron chi connectivity index (χ1n) is 8.26. The van der Waals surface area contributed by atoms with Gasteiger partial charge in [0.25, 0.3) is 0 Å². The second-order valence-corrected chi connectivity index (χ2v) is 5.89. The van der Waals surface area contributed by atoms with Gasteiger partial charge in [-0.2, -0.15) is 0 Å². The second-order valence-electron chi connectivity index (χ2n) is 5.89. The summed E-state index contributed by atoms with van der Waals surface area (Å²) in [6.07, 6.45) is -0.791. The Morgan fingerprint density at radius 2 is 1.20 bits per heavy atom. The van der Waals surface area contributed by atoms with Crippen molar-refractivity contribution in [2.75, 3.05) is 0 Å². The number of hydrogen-bond donors (Lipinski definition) is 2. The Labute approximate surface area is 146 Å². The standard InChI is InChI=1S/C22H18N2O/c25-21(18-14-8-3-9-15-18)22-23-19(16-10-4-1-5-11-16)20(24-22)17-12-6-2-7-13-17/h1-15,21,25H,(H,23,24). The van der Waals surface area contributed by atoms with E-state index in [2.05, 4.69) is 4.98 Å². The molecule has 122 valence electrons. The minimum absolute atomic E-state index is 0.545. The van der Waals surface area contributed by atoms with Crippen LogP contribution in [0.4, 0.5) is 0 Å². The van der Waals surface area contributed by atoms with Crippen molar-refractivity contribution in [1.82, 2.24) is 9.97 Å². The van der Waals surface area contributed by atoms with Gasteiger partial charge in [0.1, 0.15) is 11.9 Å². The predicted molar refractivity (Wildman–Crippen MR) is 100.0 cm³/mol. The molecule has 0 fully saturated rings. The maximum absolute atomic E-state index is 10.7. The van der Waals surface area contributed by atoms with Gasteiger partial charge in [-0.25, -0.2) is 4.98 Å². The SMILES string of the molecule is OC(c1ccccc1)c1nc(-c2ccccc2)c(-c2ccccc2)[nH]1. The maximum Gasteiger partial charge on any atom is 0.140 e. The molecular formula is C22H18N2O. The number of nitrogens with one attached hydrogen (secondary N) is 1. The highest BCUT2D eigenvalue weighted by atomic mass is 16.3. The van der Waals surface area contributed by atoms with Crippen LogP contribution in [-0.4, -0.2) is 15.1 Å². The molecule has 0 amide bonds. The third-order valence-electron chi connectivity index (χ3n) is 4.21. The molecule has 1 unspecified atom stereocenters. The van der Waals surface area contributed by atoms with Crippen LogP contribution in [0.5, 0.6) is 0 Å². The van der Waals surface area contributed by atoms with E-state index in [-0.39, 0.29) is 0 Å². The molecule has 1 atom stereocenters. The first-order chi connectivity index (χ1) is 12.3. The monoisotopic (exact) mass is 326 g/mol. The molecule has 0 aliphatic heterocycles. The fourth-order valence-electron chi connectivity index (χ4n) is 2.93. The van der Waals surface area contributed by atoms with Crippen LogP contribution >= 0.6 is 0 Å². The van der Waals surface area contributed by atoms with Gasteiger partial charge in [0.05, 0.1) is 11.4 Å². The van der Waals surface area contributed by atoms with Crippen molar-refractivity contribution in [1.29, 1.82) is 0 Å². The minimum atomic E-state index is -0.791. The molecule has 0 aliphatic rings. The molecule has 3 aromatic carbocycles. The number of aliphatic hydroxyl groups is 1. The smallest absolute Gasteiger partial charge is 0.140 e. The lowest BCUT2D eigenvalue weighted by atomic mass is 10.1. The van der Waals surface area contributed by atoms with E-state index in [0.29, 0.717) is 5.82 Å². The molecule has 0 aliphatic carbocycles. The van der Waals surface area contributed by atoms with Crippen LogP contribution < -0.4 is 0 Å². The van der Waals surface area contributed by atoms with Gasteiger partial charge in [-0.15, -0.1) is 0 Å². The first-order valence-corrected chi connectivity index (χ1v) is 8.26. The number of hydrogen-bond acceptors (Lipinski definition) is 2. The van der Waals surface area contributed by atoms with Crippen molar-refractivity contribution in [3.8, 4) is 22.5 Å². The molecule has 0 saturated heterocycles. The number of rotatable bonds is 4. The Morgan fingerprint density at radius 3 is 1.80 bits per heavy atom. The maximum atomic E-state index is 10.7. The Kier molecular flexibility index (Phi) is 4.15. The number of benzene rings is 3. The summed E-state index contributed by atoms with van der Waals surface area (Å²) in [5.41, 5.74) is 4.63. The third kappa shape index (κ3) is 3.10. The molecule has 1 aromatic heterocycles. The van der Waals surface area contributed by atoms with Crippen molar-refractivity contribution in [2.45, 2.75) is 6.10 Å². The Hall–Kier alpha value is -3.17. The van der Waals surface area contributed by atoms with Gasteiger partial charge in [-0.05, 0) is 5.56 Å². The van der Waals surface area contributed by atoms with Crippen LogP contribution in [0.2, 0.25) is 0 Å². The van der Waals surface area contributed by atoms with Crippen LogP contribution in [0.15, 0.2) is 91.0 Å². The highest BCUT2D eigenvalue weighted by Crippen LogP contribution is 2.32. The van der Waals surface area contributed by atoms with Crippen LogP contribution in [0.3, 0.4) is 0 Å². The van der Waals surface area contributed by atoms with Gasteiger partial charge in [0.15, 0.2) is 0 Å². The zero-order valence-corrected chi connectivity index (χ0v) is 13.6. The second kappa shape index (κ2) is 6.75. The van der Waals surface area contributed by atoms with Gasteiger partial charge in [0, 0.05) is 11.1 Å². The molecule has 0 bridgehead atoms. The van der Waals surface area contributed by atoms with E-state index in [1.165, 1.54) is 0 Å². The van der Waals surface area contributed by atoms with Crippen LogP contribution in [0.1, 0.15) is 17.5 Å². The lowest BCUT2D eigenvalue weighted by molar-refractivity contribution is 0.211. The molecule has 0 spiro atoms. The number of aromatic amines is 1. The Bertz CT molecular complexity index is 890. The summed E-state index contributed by atoms with van der Waals surface area (Å²) in [6.45, 7) is 0. The van der Waals surface area contributed by atoms with Gasteiger partial charge in [0.2, 0.25) is 0 Å². The van der Waals surface area contributed by atoms with Crippen molar-refractivity contribution in [3.63, 3.8) is 0 Å². The van der Waals surface area contributed by atoms with Crippen LogP contribution in [-0.2, 0) is 0 Å². The molecule has 3 heteroatoms. The fourth-order valence-corrected chi connectivity index (χ4v) is 2.93. The largest absolute Gasteiger partial charge is 0.380 e. The molecular weight excluding hydrogens is 308 g/mol. The predicted octanol–water partition coefficient (Wildman–Crippen LogP) is 4.83. The van der Waals surface area contributed by atoms with Crippen molar-refractivity contribution in [2.24, 2.45) is 0 Å². The highest BCUT2D eigenvalue weighted by Gasteiger charge is 2.19. The van der Waals surface area contributed by atoms with Gasteiger partial charge in [-0.3, -0.25) is 0 Å². The molecule has 0 saturated carbocycles. The van der Waals surface area contributed by atoms with E-state index >= 15 is 0 Å². The fraction of sp³-hybridized carbons (Fsp3) is 0.0455. The Balaban J connectivity index is 1.84. The number of aliphatic hydroxyl groups excluding tert-OH is 1. The van der Waals surface area contributed by atoms with Crippen molar-refractivity contribution < 1.29 is 5.11 Å². The summed E-state index contributed by atoms with van der Waals surface area (Å²) in [5, 5.41) is 10.7. The average Bonchev–Trinajstić information content (AvgIpc) is 3.15. The van der Waals surface area contributed by atoms with E-state index in [1.54, 1.807) is 0 Å². The molecule has 4 aromatic rings. The minimum Gasteiger partial charge on any atom is -0.380 e. The summed E-state index contributed by atoms with van der Waals surface area (Å²) in [6, 6.07) is 29.7. The quantitative estimate of drug-likeness (QED) is 0.564. The summed E-state index contributed by atoms with van der Waals surface area (Å²) < 4.78 is 0. The van der Waals surface area contributed by atoms with Crippen molar-refractivity contribution >= 4 is 0 Å². The van der Waals surface area contributed by atoms with E-state index in [9.17, 15) is 5.11 Å². The van der Waals surface area contributed by atoms with E-state index < -0.39 is 6.10 Å². The van der Waals surface area contributed by atoms with E-state index in [4.69, 9.17) is 4.98 Å². The summed E-state index contributed by atoms with van der Waals surface area (Å²) >= 11 is 0. The number of H-pyrrole nitrogens is 1. The summed E-state index contributed by atoms with van der Waals surface area (Å²) in [4.78, 5) is 8.06. The highest BCUT2D eigenvalue weighted by molar-refractivity contribution is 5.78. The van der Waals surface area contributed by atoms with Gasteiger partial charge < -0.3 is 10.1 Å². The zero-order chi connectivity index (χ0) is 17.1. The van der Waals surface area contributed by atoms with E-state index in [0.717, 1.165) is 28.1 Å². The van der Waals surface area contributed by atoms with Gasteiger partial charge in [-0.1, -0.05) is 91.0 Å². The summed E-state index contributed by atoms with van der Waals surface area (Å²) in [5.74, 6) is 0.545. The Morgan fingerprint density at radius 1 is 0.680 bits per heavy atom. The molecule has 3 nitrogen and oxygen atoms in total. The molecule has 0 radical (unpaired) electrons. The first kappa shape index (κ1) is 15.4. The molecule has 2 N–H and O–H groups in total. The van der Waals surface area contributed by atoms with Gasteiger partial charge >= 0.3 is 0 Å². The molecule has 25 heavy (non-hydrogen) atoms. The lowest BCUT2D eigenvalue weighted by Crippen LogP contribution is -2.01. The normalized spacial score (nSPS) is 12.0. The van der Waals surface area contributed by atoms with Crippen LogP contribution in [0, 0.1) is 0 Å². The summed E-state index contributed by atoms with van der Waals surface area (Å²) in [7, 11) is 0. The average molecular weight is 326 g/mol. The number of imidazole rings is 1. The topological polar surface area (TPSA) is 48.9 Å².